The van der Waals surface area contributed by atoms with Crippen LogP contribution in [0, 0.1) is 0 Å². The minimum Gasteiger partial charge on any atom is -0.125 e. The molecule has 0 aromatic carbocycles. The molecule has 0 aliphatic heterocycles. The van der Waals surface area contributed by atoms with E-state index >= 15 is 0 Å². The number of halogens is 4. The van der Waals surface area contributed by atoms with Crippen molar-refractivity contribution in [2.75, 3.05) is 5.88 Å². The molecule has 0 amide bonds. The van der Waals surface area contributed by atoms with E-state index in [1.54, 1.807) is 6.08 Å². The van der Waals surface area contributed by atoms with E-state index in [4.69, 9.17) is 46.4 Å². The van der Waals surface area contributed by atoms with Crippen molar-refractivity contribution in [3.05, 3.63) is 12.2 Å². The smallest absolute Gasteiger partial charge is 0.125 e. The molecule has 0 nitrogen and oxygen atoms in total. The van der Waals surface area contributed by atoms with Crippen molar-refractivity contribution in [3.8, 4) is 0 Å². The zero-order chi connectivity index (χ0) is 7.98. The summed E-state index contributed by atoms with van der Waals surface area (Å²) in [4.78, 5) is -0.445. The lowest BCUT2D eigenvalue weighted by Gasteiger charge is -1.98. The van der Waals surface area contributed by atoms with Crippen LogP contribution < -0.4 is 0 Å². The second kappa shape index (κ2) is 6.60. The average molecular weight is 222 g/mol. The van der Waals surface area contributed by atoms with Crippen molar-refractivity contribution >= 4 is 46.4 Å². The summed E-state index contributed by atoms with van der Waals surface area (Å²) in [7, 11) is 0. The minimum atomic E-state index is -0.445. The molecule has 1 atom stereocenters. The molecule has 0 N–H and O–H groups in total. The molecule has 0 spiro atoms. The first kappa shape index (κ1) is 10.9. The minimum absolute atomic E-state index is 0.0231. The highest BCUT2D eigenvalue weighted by atomic mass is 35.5. The van der Waals surface area contributed by atoms with Crippen molar-refractivity contribution in [2.24, 2.45) is 0 Å². The third kappa shape index (κ3) is 7.01. The van der Waals surface area contributed by atoms with Gasteiger partial charge < -0.3 is 0 Å². The highest BCUT2D eigenvalue weighted by molar-refractivity contribution is 6.45. The van der Waals surface area contributed by atoms with E-state index in [9.17, 15) is 0 Å². The zero-order valence-electron chi connectivity index (χ0n) is 5.24. The highest BCUT2D eigenvalue weighted by Gasteiger charge is 1.98. The fourth-order valence-electron chi connectivity index (χ4n) is 0.392. The highest BCUT2D eigenvalue weighted by Crippen LogP contribution is 2.08. The van der Waals surface area contributed by atoms with E-state index in [-0.39, 0.29) is 5.38 Å². The number of hydrogen-bond acceptors (Lipinski definition) is 0. The van der Waals surface area contributed by atoms with Gasteiger partial charge in [-0.2, -0.15) is 0 Å². The first-order valence-corrected chi connectivity index (χ1v) is 4.66. The standard InChI is InChI=1S/C6H8Cl4/c7-4-5(8)2-1-3-6(9)10/h1,3,5-6H,2,4H2. The van der Waals surface area contributed by atoms with Crippen LogP contribution in [0.15, 0.2) is 12.2 Å². The number of alkyl halides is 4. The summed E-state index contributed by atoms with van der Waals surface area (Å²) >= 11 is 21.9. The van der Waals surface area contributed by atoms with Crippen molar-refractivity contribution < 1.29 is 0 Å². The maximum absolute atomic E-state index is 5.68. The molecule has 4 heteroatoms. The summed E-state index contributed by atoms with van der Waals surface area (Å²) in [6.07, 6.45) is 4.21. The van der Waals surface area contributed by atoms with Crippen LogP contribution in [0.4, 0.5) is 0 Å². The Kier molecular flexibility index (Phi) is 7.19. The summed E-state index contributed by atoms with van der Waals surface area (Å²) in [6, 6.07) is 0. The molecule has 0 aromatic rings. The van der Waals surface area contributed by atoms with Gasteiger partial charge in [-0.05, 0) is 6.42 Å². The molecule has 60 valence electrons. The van der Waals surface area contributed by atoms with Gasteiger partial charge in [0.25, 0.3) is 0 Å². The number of allylic oxidation sites excluding steroid dienone is 2. The predicted octanol–water partition coefficient (Wildman–Crippen LogP) is 3.58. The second-order valence-electron chi connectivity index (χ2n) is 1.75. The maximum Gasteiger partial charge on any atom is 0.125 e. The Balaban J connectivity index is 3.33. The third-order valence-electron chi connectivity index (χ3n) is 0.841. The molecular formula is C6H8Cl4. The number of hydrogen-bond donors (Lipinski definition) is 0. The van der Waals surface area contributed by atoms with Gasteiger partial charge in [0.1, 0.15) is 4.84 Å². The molecule has 0 rings (SSSR count). The van der Waals surface area contributed by atoms with Gasteiger partial charge in [-0.1, -0.05) is 12.2 Å². The van der Waals surface area contributed by atoms with Crippen molar-refractivity contribution in [1.82, 2.24) is 0 Å². The van der Waals surface area contributed by atoms with Gasteiger partial charge in [-0.25, -0.2) is 0 Å². The van der Waals surface area contributed by atoms with Crippen LogP contribution >= 0.6 is 46.4 Å². The molecule has 0 saturated carbocycles. The van der Waals surface area contributed by atoms with E-state index in [1.165, 1.54) is 0 Å². The van der Waals surface area contributed by atoms with Gasteiger partial charge >= 0.3 is 0 Å². The van der Waals surface area contributed by atoms with Gasteiger partial charge in [0.15, 0.2) is 0 Å². The van der Waals surface area contributed by atoms with E-state index in [0.717, 1.165) is 0 Å². The summed E-state index contributed by atoms with van der Waals surface area (Å²) in [5.41, 5.74) is 0. The summed E-state index contributed by atoms with van der Waals surface area (Å²) < 4.78 is 0. The normalized spacial score (nSPS) is 14.9. The molecule has 0 radical (unpaired) electrons. The average Bonchev–Trinajstić information content (AvgIpc) is 1.87. The number of rotatable bonds is 4. The van der Waals surface area contributed by atoms with Crippen LogP contribution in [0.3, 0.4) is 0 Å². The van der Waals surface area contributed by atoms with Crippen LogP contribution in [0.25, 0.3) is 0 Å². The molecule has 10 heavy (non-hydrogen) atoms. The Labute approximate surface area is 81.1 Å². The van der Waals surface area contributed by atoms with E-state index in [1.807, 2.05) is 6.08 Å². The quantitative estimate of drug-likeness (QED) is 0.503. The van der Waals surface area contributed by atoms with Crippen LogP contribution in [0.1, 0.15) is 6.42 Å². The van der Waals surface area contributed by atoms with Gasteiger partial charge in [-0.15, -0.1) is 46.4 Å². The molecule has 0 heterocycles. The fraction of sp³-hybridized carbons (Fsp3) is 0.667. The third-order valence-corrected chi connectivity index (χ3v) is 1.99. The van der Waals surface area contributed by atoms with Crippen molar-refractivity contribution in [1.29, 1.82) is 0 Å². The van der Waals surface area contributed by atoms with Crippen LogP contribution in [0.5, 0.6) is 0 Å². The summed E-state index contributed by atoms with van der Waals surface area (Å²) in [5.74, 6) is 0.446. The molecule has 0 aliphatic carbocycles. The SMILES string of the molecule is ClCC(Cl)CC=CC(Cl)Cl. The molecular weight excluding hydrogens is 214 g/mol. The van der Waals surface area contributed by atoms with Gasteiger partial charge in [0.05, 0.1) is 5.38 Å². The van der Waals surface area contributed by atoms with Crippen LogP contribution in [0.2, 0.25) is 0 Å². The second-order valence-corrected chi connectivity index (χ2v) is 3.84. The monoisotopic (exact) mass is 220 g/mol. The van der Waals surface area contributed by atoms with Gasteiger partial charge in [0.2, 0.25) is 0 Å². The maximum atomic E-state index is 5.68. The lowest BCUT2D eigenvalue weighted by Crippen LogP contribution is -1.96. The molecule has 0 fully saturated rings. The van der Waals surface area contributed by atoms with Crippen LogP contribution in [-0.4, -0.2) is 16.1 Å². The summed E-state index contributed by atoms with van der Waals surface area (Å²) in [5, 5.41) is -0.0231. The first-order chi connectivity index (χ1) is 4.66. The predicted molar refractivity (Wildman–Crippen MR) is 49.6 cm³/mol. The molecule has 0 bridgehead atoms. The Morgan fingerprint density at radius 3 is 2.20 bits per heavy atom. The Hall–Kier alpha value is 0.900. The first-order valence-electron chi connectivity index (χ1n) is 2.81. The van der Waals surface area contributed by atoms with Gasteiger partial charge in [0, 0.05) is 5.88 Å². The van der Waals surface area contributed by atoms with Gasteiger partial charge in [-0.3, -0.25) is 0 Å². The fourth-order valence-corrected chi connectivity index (χ4v) is 0.827. The Morgan fingerprint density at radius 2 is 1.80 bits per heavy atom. The largest absolute Gasteiger partial charge is 0.125 e. The summed E-state index contributed by atoms with van der Waals surface area (Å²) in [6.45, 7) is 0. The molecule has 0 aromatic heterocycles. The van der Waals surface area contributed by atoms with E-state index in [0.29, 0.717) is 12.3 Å². The molecule has 0 saturated heterocycles. The topological polar surface area (TPSA) is 0 Å². The molecule has 1 unspecified atom stereocenters. The Bertz CT molecular complexity index is 99.9. The Morgan fingerprint density at radius 1 is 1.20 bits per heavy atom. The van der Waals surface area contributed by atoms with Crippen molar-refractivity contribution in [2.45, 2.75) is 16.6 Å². The lowest BCUT2D eigenvalue weighted by atomic mass is 10.3. The zero-order valence-corrected chi connectivity index (χ0v) is 8.26. The van der Waals surface area contributed by atoms with Crippen molar-refractivity contribution in [3.63, 3.8) is 0 Å². The lowest BCUT2D eigenvalue weighted by molar-refractivity contribution is 0.973. The van der Waals surface area contributed by atoms with E-state index < -0.39 is 4.84 Å². The molecule has 0 aliphatic rings. The van der Waals surface area contributed by atoms with Crippen LogP contribution in [-0.2, 0) is 0 Å². The van der Waals surface area contributed by atoms with E-state index in [2.05, 4.69) is 0 Å².